The Hall–Kier alpha value is -0.960. The monoisotopic (exact) mass is 278 g/mol. The quantitative estimate of drug-likeness (QED) is 0.776. The number of rotatable bonds is 5. The Morgan fingerprint density at radius 2 is 1.88 bits per heavy atom. The standard InChI is InChI=1S/C9H14N2O4S2/c1-2-16(12,13)11-7-8-4-3-5-9(6-8)17(10,14)15/h3-6,11H,2,7H2,1H3,(H2,10,14,15). The number of hydrogen-bond acceptors (Lipinski definition) is 4. The van der Waals surface area contributed by atoms with E-state index in [1.807, 2.05) is 0 Å². The number of nitrogens with two attached hydrogens (primary N) is 1. The first-order chi connectivity index (χ1) is 7.74. The molecule has 1 rings (SSSR count). The largest absolute Gasteiger partial charge is 0.238 e. The fourth-order valence-electron chi connectivity index (χ4n) is 1.13. The molecule has 1 aromatic carbocycles. The van der Waals surface area contributed by atoms with Gasteiger partial charge in [0, 0.05) is 6.54 Å². The lowest BCUT2D eigenvalue weighted by atomic mass is 10.2. The van der Waals surface area contributed by atoms with Crippen LogP contribution in [-0.4, -0.2) is 22.6 Å². The van der Waals surface area contributed by atoms with Crippen LogP contribution in [-0.2, 0) is 26.6 Å². The maximum absolute atomic E-state index is 11.2. The fraction of sp³-hybridized carbons (Fsp3) is 0.333. The summed E-state index contributed by atoms with van der Waals surface area (Å²) < 4.78 is 46.9. The van der Waals surface area contributed by atoms with E-state index >= 15 is 0 Å². The summed E-state index contributed by atoms with van der Waals surface area (Å²) in [6.45, 7) is 1.56. The van der Waals surface area contributed by atoms with Crippen LogP contribution in [0.25, 0.3) is 0 Å². The van der Waals surface area contributed by atoms with Gasteiger partial charge in [-0.1, -0.05) is 12.1 Å². The molecule has 6 nitrogen and oxygen atoms in total. The van der Waals surface area contributed by atoms with Crippen molar-refractivity contribution in [2.45, 2.75) is 18.4 Å². The number of nitrogens with one attached hydrogen (secondary N) is 1. The predicted octanol–water partition coefficient (Wildman–Crippen LogP) is -0.227. The summed E-state index contributed by atoms with van der Waals surface area (Å²) in [5, 5.41) is 4.97. The van der Waals surface area contributed by atoms with Crippen LogP contribution in [0.1, 0.15) is 12.5 Å². The van der Waals surface area contributed by atoms with E-state index in [-0.39, 0.29) is 17.2 Å². The Balaban J connectivity index is 2.88. The normalized spacial score (nSPS) is 12.6. The zero-order chi connectivity index (χ0) is 13.1. The van der Waals surface area contributed by atoms with E-state index in [9.17, 15) is 16.8 Å². The topological polar surface area (TPSA) is 106 Å². The molecule has 0 radical (unpaired) electrons. The average Bonchev–Trinajstić information content (AvgIpc) is 2.26. The first-order valence-electron chi connectivity index (χ1n) is 4.83. The van der Waals surface area contributed by atoms with Gasteiger partial charge in [0.25, 0.3) is 0 Å². The second-order valence-corrected chi connectivity index (χ2v) is 7.07. The minimum Gasteiger partial charge on any atom is -0.225 e. The number of hydrogen-bond donors (Lipinski definition) is 2. The molecule has 0 bridgehead atoms. The maximum Gasteiger partial charge on any atom is 0.238 e. The van der Waals surface area contributed by atoms with Crippen LogP contribution in [0.2, 0.25) is 0 Å². The van der Waals surface area contributed by atoms with Gasteiger partial charge in [-0.25, -0.2) is 26.7 Å². The van der Waals surface area contributed by atoms with Crippen molar-refractivity contribution in [2.24, 2.45) is 5.14 Å². The molecule has 17 heavy (non-hydrogen) atoms. The number of sulfonamides is 2. The molecular weight excluding hydrogens is 264 g/mol. The zero-order valence-electron chi connectivity index (χ0n) is 9.25. The molecule has 0 heterocycles. The molecule has 0 saturated heterocycles. The Morgan fingerprint density at radius 1 is 1.24 bits per heavy atom. The summed E-state index contributed by atoms with van der Waals surface area (Å²) in [5.74, 6) is -0.0259. The average molecular weight is 278 g/mol. The smallest absolute Gasteiger partial charge is 0.225 e. The summed E-state index contributed by atoms with van der Waals surface area (Å²) >= 11 is 0. The van der Waals surface area contributed by atoms with Gasteiger partial charge in [-0.05, 0) is 24.6 Å². The van der Waals surface area contributed by atoms with E-state index in [0.717, 1.165) is 0 Å². The van der Waals surface area contributed by atoms with Crippen molar-refractivity contribution >= 4 is 20.0 Å². The first kappa shape index (κ1) is 14.1. The van der Waals surface area contributed by atoms with E-state index in [0.29, 0.717) is 5.56 Å². The van der Waals surface area contributed by atoms with Gasteiger partial charge in [0.05, 0.1) is 10.6 Å². The number of benzene rings is 1. The highest BCUT2D eigenvalue weighted by atomic mass is 32.2. The lowest BCUT2D eigenvalue weighted by Crippen LogP contribution is -2.24. The summed E-state index contributed by atoms with van der Waals surface area (Å²) in [6.07, 6.45) is 0. The summed E-state index contributed by atoms with van der Waals surface area (Å²) in [5.41, 5.74) is 0.536. The first-order valence-corrected chi connectivity index (χ1v) is 8.03. The molecule has 0 aliphatic heterocycles. The second-order valence-electron chi connectivity index (χ2n) is 3.42. The zero-order valence-corrected chi connectivity index (χ0v) is 10.9. The molecule has 0 aliphatic rings. The molecule has 96 valence electrons. The Labute approximate surface area is 101 Å². The molecule has 0 saturated carbocycles. The van der Waals surface area contributed by atoms with Crippen LogP contribution < -0.4 is 9.86 Å². The third-order valence-electron chi connectivity index (χ3n) is 2.10. The number of primary sulfonamides is 1. The Bertz CT molecular complexity index is 593. The maximum atomic E-state index is 11.2. The lowest BCUT2D eigenvalue weighted by Gasteiger charge is -2.05. The predicted molar refractivity (Wildman–Crippen MR) is 64.1 cm³/mol. The van der Waals surface area contributed by atoms with Crippen LogP contribution in [0.4, 0.5) is 0 Å². The molecule has 0 atom stereocenters. The van der Waals surface area contributed by atoms with Crippen molar-refractivity contribution < 1.29 is 16.8 Å². The van der Waals surface area contributed by atoms with Crippen LogP contribution in [0.15, 0.2) is 29.2 Å². The van der Waals surface area contributed by atoms with Crippen molar-refractivity contribution in [1.29, 1.82) is 0 Å². The van der Waals surface area contributed by atoms with Gasteiger partial charge < -0.3 is 0 Å². The van der Waals surface area contributed by atoms with Crippen LogP contribution >= 0.6 is 0 Å². The van der Waals surface area contributed by atoms with Crippen LogP contribution in [0, 0.1) is 0 Å². The molecule has 1 aromatic rings. The van der Waals surface area contributed by atoms with Crippen molar-refractivity contribution in [1.82, 2.24) is 4.72 Å². The molecule has 0 aromatic heterocycles. The third-order valence-corrected chi connectivity index (χ3v) is 4.36. The molecule has 0 spiro atoms. The minimum absolute atomic E-state index is 0.0259. The molecule has 0 fully saturated rings. The third kappa shape index (κ3) is 4.43. The summed E-state index contributed by atoms with van der Waals surface area (Å²) in [4.78, 5) is -0.0364. The van der Waals surface area contributed by atoms with Gasteiger partial charge in [0.2, 0.25) is 20.0 Å². The van der Waals surface area contributed by atoms with Gasteiger partial charge in [0.15, 0.2) is 0 Å². The highest BCUT2D eigenvalue weighted by molar-refractivity contribution is 7.89. The molecule has 0 amide bonds. The van der Waals surface area contributed by atoms with E-state index in [2.05, 4.69) is 4.72 Å². The van der Waals surface area contributed by atoms with Crippen molar-refractivity contribution in [3.05, 3.63) is 29.8 Å². The molecule has 0 unspecified atom stereocenters. The summed E-state index contributed by atoms with van der Waals surface area (Å²) in [7, 11) is -7.06. The van der Waals surface area contributed by atoms with Crippen LogP contribution in [0.5, 0.6) is 0 Å². The van der Waals surface area contributed by atoms with Crippen molar-refractivity contribution in [2.75, 3.05) is 5.75 Å². The van der Waals surface area contributed by atoms with E-state index < -0.39 is 20.0 Å². The van der Waals surface area contributed by atoms with E-state index in [4.69, 9.17) is 5.14 Å². The van der Waals surface area contributed by atoms with E-state index in [1.54, 1.807) is 6.07 Å². The van der Waals surface area contributed by atoms with Gasteiger partial charge in [-0.3, -0.25) is 0 Å². The van der Waals surface area contributed by atoms with Crippen molar-refractivity contribution in [3.8, 4) is 0 Å². The second kappa shape index (κ2) is 5.13. The molecular formula is C9H14N2O4S2. The van der Waals surface area contributed by atoms with Gasteiger partial charge >= 0.3 is 0 Å². The molecule has 0 aliphatic carbocycles. The summed E-state index contributed by atoms with van der Waals surface area (Å²) in [6, 6.07) is 5.82. The molecule has 3 N–H and O–H groups in total. The fourth-order valence-corrected chi connectivity index (χ4v) is 2.30. The Morgan fingerprint density at radius 3 is 2.41 bits per heavy atom. The highest BCUT2D eigenvalue weighted by Gasteiger charge is 2.09. The SMILES string of the molecule is CCS(=O)(=O)NCc1cccc(S(N)(=O)=O)c1. The minimum atomic E-state index is -3.76. The van der Waals surface area contributed by atoms with Gasteiger partial charge in [0.1, 0.15) is 0 Å². The van der Waals surface area contributed by atoms with Crippen molar-refractivity contribution in [3.63, 3.8) is 0 Å². The molecule has 8 heteroatoms. The highest BCUT2D eigenvalue weighted by Crippen LogP contribution is 2.09. The van der Waals surface area contributed by atoms with Crippen LogP contribution in [0.3, 0.4) is 0 Å². The van der Waals surface area contributed by atoms with Gasteiger partial charge in [-0.2, -0.15) is 0 Å². The van der Waals surface area contributed by atoms with Gasteiger partial charge in [-0.15, -0.1) is 0 Å². The van der Waals surface area contributed by atoms with E-state index in [1.165, 1.54) is 25.1 Å². The Kier molecular flexibility index (Phi) is 4.26. The lowest BCUT2D eigenvalue weighted by molar-refractivity contribution is 0.582.